The molecule has 18 atom stereocenters. The van der Waals surface area contributed by atoms with Crippen molar-refractivity contribution in [1.29, 1.82) is 0 Å². The maximum atomic E-state index is 13.5. The summed E-state index contributed by atoms with van der Waals surface area (Å²) in [4.78, 5) is 38.7. The molecule has 0 bridgehead atoms. The predicted molar refractivity (Wildman–Crippen MR) is 375 cm³/mol. The summed E-state index contributed by atoms with van der Waals surface area (Å²) in [6.07, 6.45) is 28.8. The van der Waals surface area contributed by atoms with E-state index in [1.165, 1.54) is 180 Å². The third kappa shape index (κ3) is 35.6. The van der Waals surface area contributed by atoms with E-state index >= 15 is 0 Å². The number of hydrogen-bond acceptors (Lipinski definition) is 20. The normalized spacial score (nSPS) is 27.3. The molecule has 0 aliphatic carbocycles. The van der Waals surface area contributed by atoms with Gasteiger partial charge in [-0.3, -0.25) is 9.59 Å². The van der Waals surface area contributed by atoms with Crippen LogP contribution in [0.5, 0.6) is 0 Å². The van der Waals surface area contributed by atoms with Crippen LogP contribution >= 0.6 is 0 Å². The van der Waals surface area contributed by atoms with Crippen LogP contribution in [0, 0.1) is 0 Å². The van der Waals surface area contributed by atoms with Crippen molar-refractivity contribution >= 4 is 17.8 Å². The van der Waals surface area contributed by atoms with E-state index in [0.29, 0.717) is 19.3 Å². The van der Waals surface area contributed by atoms with Crippen molar-refractivity contribution in [3.8, 4) is 0 Å². The average Bonchev–Trinajstić information content (AvgIpc) is 0.756. The highest BCUT2D eigenvalue weighted by Crippen LogP contribution is 2.39. The lowest BCUT2D eigenvalue weighted by Gasteiger charge is -2.50. The molecule has 3 aliphatic heterocycles. The summed E-state index contributed by atoms with van der Waals surface area (Å²) in [7, 11) is 0. The fourth-order valence-corrected chi connectivity index (χ4v) is 13.6. The number of rotatable bonds is 60. The lowest BCUT2D eigenvalue weighted by molar-refractivity contribution is -0.386. The first-order valence-corrected chi connectivity index (χ1v) is 38.7. The number of carbonyl (C=O) groups excluding carboxylic acids is 2. The maximum Gasteiger partial charge on any atom is 0.364 e. The predicted octanol–water partition coefficient (Wildman–Crippen LogP) is 9.18. The smallest absolute Gasteiger partial charge is 0.364 e. The zero-order chi connectivity index (χ0) is 71.8. The van der Waals surface area contributed by atoms with Gasteiger partial charge in [-0.05, 0) is 38.5 Å². The molecule has 3 saturated heterocycles. The number of aliphatic carboxylic acids is 1. The highest BCUT2D eigenvalue weighted by atomic mass is 16.8. The van der Waals surface area contributed by atoms with Crippen molar-refractivity contribution in [2.24, 2.45) is 0 Å². The second-order valence-electron chi connectivity index (χ2n) is 28.2. The van der Waals surface area contributed by atoms with Crippen molar-refractivity contribution in [2.75, 3.05) is 26.4 Å². The lowest BCUT2D eigenvalue weighted by atomic mass is 9.88. The van der Waals surface area contributed by atoms with E-state index in [0.717, 1.165) is 71.1 Å². The van der Waals surface area contributed by atoms with Crippen molar-refractivity contribution in [3.63, 3.8) is 0 Å². The molecule has 574 valence electrons. The number of carboxylic acid groups (broad SMARTS) is 1. The van der Waals surface area contributed by atoms with E-state index in [1.54, 1.807) is 0 Å². The monoisotopic (exact) mass is 1400 g/mol. The Kier molecular flexibility index (Phi) is 50.0. The van der Waals surface area contributed by atoms with Crippen LogP contribution in [-0.2, 0) is 42.8 Å². The molecule has 0 spiro atoms. The number of carboxylic acids is 1. The van der Waals surface area contributed by atoms with Crippen LogP contribution in [0.1, 0.15) is 297 Å². The number of carbonyl (C=O) groups is 3. The van der Waals surface area contributed by atoms with Gasteiger partial charge in [0.25, 0.3) is 5.79 Å². The van der Waals surface area contributed by atoms with Gasteiger partial charge in [0, 0.05) is 19.8 Å². The third-order valence-corrected chi connectivity index (χ3v) is 19.7. The minimum Gasteiger partial charge on any atom is -0.477 e. The first-order chi connectivity index (χ1) is 47.4. The Morgan fingerprint density at radius 1 is 0.541 bits per heavy atom. The maximum absolute atomic E-state index is 13.5. The van der Waals surface area contributed by atoms with Crippen molar-refractivity contribution in [1.82, 2.24) is 10.6 Å². The molecule has 23 nitrogen and oxygen atoms in total. The molecule has 0 aromatic rings. The summed E-state index contributed by atoms with van der Waals surface area (Å²) in [5, 5.41) is 136. The summed E-state index contributed by atoms with van der Waals surface area (Å²) in [6.45, 7) is 2.14. The van der Waals surface area contributed by atoms with E-state index in [9.17, 15) is 75.7 Å². The Labute approximate surface area is 587 Å². The fraction of sp³-hybridized carbons (Fsp3) is 0.907. The van der Waals surface area contributed by atoms with Crippen LogP contribution in [0.2, 0.25) is 0 Å². The van der Waals surface area contributed by atoms with Crippen LogP contribution in [0.3, 0.4) is 0 Å². The fourth-order valence-electron chi connectivity index (χ4n) is 13.6. The topological polar surface area (TPSA) is 373 Å². The highest BCUT2D eigenvalue weighted by molar-refractivity contribution is 5.77. The van der Waals surface area contributed by atoms with Crippen LogP contribution in [-0.4, -0.2) is 215 Å². The second kappa shape index (κ2) is 54.8. The first kappa shape index (κ1) is 89.4. The zero-order valence-corrected chi connectivity index (χ0v) is 60.4. The SMILES string of the molecule is CC/C=C\C/C=C\CCCCCCCCCCCCCCCCC(=O)NC(COC1OC(CO)C(OC2OC(CO)C(O)C(OC3(C(=O)O)CC(O)C(NC(C)=O)C(C(O)C(O)CO)O3)C2O)C(O)C1O)C(O)CCCCCCCCCCCCCCCCCCCCCCCCC. The molecule has 23 heteroatoms. The molecule has 0 aromatic carbocycles. The van der Waals surface area contributed by atoms with Crippen LogP contribution in [0.25, 0.3) is 0 Å². The van der Waals surface area contributed by atoms with E-state index in [2.05, 4.69) is 48.8 Å². The number of aliphatic hydroxyl groups is 11. The second-order valence-corrected chi connectivity index (χ2v) is 28.2. The molecule has 98 heavy (non-hydrogen) atoms. The van der Waals surface area contributed by atoms with Gasteiger partial charge in [0.1, 0.15) is 67.1 Å². The zero-order valence-electron chi connectivity index (χ0n) is 60.4. The third-order valence-electron chi connectivity index (χ3n) is 19.7. The summed E-state index contributed by atoms with van der Waals surface area (Å²) in [5.74, 6) is -6.10. The Hall–Kier alpha value is -2.79. The molecule has 18 unspecified atom stereocenters. The largest absolute Gasteiger partial charge is 0.477 e. The van der Waals surface area contributed by atoms with Gasteiger partial charge in [0.2, 0.25) is 11.8 Å². The molecule has 14 N–H and O–H groups in total. The summed E-state index contributed by atoms with van der Waals surface area (Å²) < 4.78 is 35.0. The number of allylic oxidation sites excluding steroid dienone is 4. The molecule has 0 saturated carbocycles. The Balaban J connectivity index is 1.54. The summed E-state index contributed by atoms with van der Waals surface area (Å²) in [6, 6.07) is -2.53. The van der Waals surface area contributed by atoms with Gasteiger partial charge >= 0.3 is 5.97 Å². The van der Waals surface area contributed by atoms with E-state index in [4.69, 9.17) is 28.4 Å². The molecular formula is C75H138N2O21. The Bertz CT molecular complexity index is 2060. The van der Waals surface area contributed by atoms with Gasteiger partial charge < -0.3 is 100 Å². The van der Waals surface area contributed by atoms with Crippen LogP contribution in [0.15, 0.2) is 24.3 Å². The van der Waals surface area contributed by atoms with Gasteiger partial charge in [-0.2, -0.15) is 0 Å². The molecule has 0 aromatic heterocycles. The average molecular weight is 1400 g/mol. The highest BCUT2D eigenvalue weighted by Gasteiger charge is 2.60. The number of hydrogen-bond donors (Lipinski definition) is 14. The molecule has 3 fully saturated rings. The van der Waals surface area contributed by atoms with Crippen molar-refractivity contribution < 1.29 is 104 Å². The van der Waals surface area contributed by atoms with Gasteiger partial charge in [0.05, 0.1) is 50.7 Å². The van der Waals surface area contributed by atoms with E-state index < -0.39 is 148 Å². The number of amides is 2. The lowest BCUT2D eigenvalue weighted by Crippen LogP contribution is -2.70. The molecular weight excluding hydrogens is 1260 g/mol. The quantitative estimate of drug-likeness (QED) is 0.0199. The van der Waals surface area contributed by atoms with E-state index in [-0.39, 0.29) is 18.9 Å². The molecule has 3 aliphatic rings. The molecule has 3 heterocycles. The van der Waals surface area contributed by atoms with Gasteiger partial charge in [0.15, 0.2) is 12.6 Å². The van der Waals surface area contributed by atoms with Crippen LogP contribution in [0.4, 0.5) is 0 Å². The Morgan fingerprint density at radius 2 is 1.01 bits per heavy atom. The number of aliphatic hydroxyl groups excluding tert-OH is 11. The van der Waals surface area contributed by atoms with Crippen LogP contribution < -0.4 is 10.6 Å². The number of unbranched alkanes of at least 4 members (excludes halogenated alkanes) is 36. The molecule has 0 radical (unpaired) electrons. The van der Waals surface area contributed by atoms with Crippen molar-refractivity contribution in [3.05, 3.63) is 24.3 Å². The standard InChI is InChI=1S/C75H138N2O21/c1-4-6-8-10-12-14-16-18-20-22-24-26-27-29-30-32-34-36-38-40-42-44-46-48-57(82)56(77-62(85)49-47-45-43-41-39-37-35-33-31-28-25-23-21-19-17-15-13-11-9-7-5-2)54-93-72-67(89)66(88)69(61(53-80)95-72)96-73-68(90)71(65(87)60(52-79)94-73)98-75(74(91)92)50-58(83)63(76-55(3)81)70(97-75)64(86)59(84)51-78/h7,9,13,15,56-61,63-73,78-80,82-84,86-90H,4-6,8,10-12,14,16-54H2,1-3H3,(H,76,81)(H,77,85)(H,91,92)/b9-7-,15-13-. The number of nitrogens with one attached hydrogen (secondary N) is 2. The minimum atomic E-state index is -3.08. The van der Waals surface area contributed by atoms with Gasteiger partial charge in [-0.15, -0.1) is 0 Å². The van der Waals surface area contributed by atoms with Crippen molar-refractivity contribution in [2.45, 2.75) is 407 Å². The molecule has 3 rings (SSSR count). The van der Waals surface area contributed by atoms with E-state index in [1.807, 2.05) is 0 Å². The minimum absolute atomic E-state index is 0.224. The number of ether oxygens (including phenoxy) is 6. The molecule has 2 amide bonds. The van der Waals surface area contributed by atoms with Gasteiger partial charge in [-0.1, -0.05) is 263 Å². The Morgan fingerprint density at radius 3 is 1.48 bits per heavy atom. The van der Waals surface area contributed by atoms with Gasteiger partial charge in [-0.25, -0.2) is 4.79 Å². The first-order valence-electron chi connectivity index (χ1n) is 38.7. The summed E-state index contributed by atoms with van der Waals surface area (Å²) in [5.41, 5.74) is 0. The summed E-state index contributed by atoms with van der Waals surface area (Å²) >= 11 is 0.